The minimum Gasteiger partial charge on any atom is -0.241 e. The van der Waals surface area contributed by atoms with E-state index in [9.17, 15) is 0 Å². The van der Waals surface area contributed by atoms with Crippen LogP contribution in [-0.4, -0.2) is 16.3 Å². The molecule has 0 fully saturated rings. The highest BCUT2D eigenvalue weighted by Gasteiger charge is 1.94. The van der Waals surface area contributed by atoms with Crippen LogP contribution in [-0.2, 0) is 0 Å². The number of hydrogen-bond donors (Lipinski definition) is 0. The van der Waals surface area contributed by atoms with Crippen molar-refractivity contribution in [3.05, 3.63) is 58.7 Å². The van der Waals surface area contributed by atoms with Crippen molar-refractivity contribution in [3.8, 4) is 17.5 Å². The topological polar surface area (TPSA) is 66.6 Å². The zero-order chi connectivity index (χ0) is 11.9. The molecule has 5 heteroatoms. The number of azide groups is 1. The average molecular weight is 223 g/mol. The zero-order valence-corrected chi connectivity index (χ0v) is 8.98. The van der Waals surface area contributed by atoms with Crippen LogP contribution in [0.2, 0.25) is 0 Å². The molecule has 0 aliphatic carbocycles. The fourth-order valence-corrected chi connectivity index (χ4v) is 1.33. The molecule has 17 heavy (non-hydrogen) atoms. The summed E-state index contributed by atoms with van der Waals surface area (Å²) in [4.78, 5) is 2.63. The molecule has 0 radical (unpaired) electrons. The first-order valence-electron chi connectivity index (χ1n) is 5.00. The monoisotopic (exact) mass is 223 g/mol. The van der Waals surface area contributed by atoms with Crippen molar-refractivity contribution in [3.63, 3.8) is 0 Å². The molecular formula is C12H9N5. The lowest BCUT2D eigenvalue weighted by Crippen LogP contribution is -1.93. The third kappa shape index (κ3) is 2.88. The number of nitrogens with zero attached hydrogens (tertiary/aromatic N) is 5. The minimum atomic E-state index is 0.192. The molecule has 0 unspecified atom stereocenters. The second-order valence-electron chi connectivity index (χ2n) is 3.19. The van der Waals surface area contributed by atoms with Gasteiger partial charge in [0.05, 0.1) is 12.2 Å². The van der Waals surface area contributed by atoms with E-state index in [1.807, 2.05) is 36.5 Å². The highest BCUT2D eigenvalue weighted by atomic mass is 15.3. The Balaban J connectivity index is 2.12. The van der Waals surface area contributed by atoms with Crippen molar-refractivity contribution in [2.24, 2.45) is 5.11 Å². The van der Waals surface area contributed by atoms with Gasteiger partial charge in [0.15, 0.2) is 0 Å². The van der Waals surface area contributed by atoms with E-state index >= 15 is 0 Å². The largest absolute Gasteiger partial charge is 0.241 e. The first-order valence-corrected chi connectivity index (χ1v) is 5.00. The van der Waals surface area contributed by atoms with Gasteiger partial charge in [-0.2, -0.15) is 5.10 Å². The molecule has 0 bridgehead atoms. The summed E-state index contributed by atoms with van der Waals surface area (Å²) in [6.45, 7) is 0.192. The lowest BCUT2D eigenvalue weighted by molar-refractivity contribution is 0.880. The maximum atomic E-state index is 8.09. The molecule has 0 spiro atoms. The second kappa shape index (κ2) is 5.40. The second-order valence-corrected chi connectivity index (χ2v) is 3.19. The van der Waals surface area contributed by atoms with Crippen molar-refractivity contribution in [2.45, 2.75) is 0 Å². The van der Waals surface area contributed by atoms with Crippen LogP contribution in [0.1, 0.15) is 5.56 Å². The summed E-state index contributed by atoms with van der Waals surface area (Å²) in [5, 5.41) is 7.47. The van der Waals surface area contributed by atoms with Gasteiger partial charge >= 0.3 is 0 Å². The van der Waals surface area contributed by atoms with Crippen LogP contribution in [0.25, 0.3) is 16.1 Å². The van der Waals surface area contributed by atoms with Gasteiger partial charge in [0.2, 0.25) is 0 Å². The van der Waals surface area contributed by atoms with Crippen LogP contribution < -0.4 is 0 Å². The highest BCUT2D eigenvalue weighted by Crippen LogP contribution is 2.07. The molecule has 1 aromatic heterocycles. The van der Waals surface area contributed by atoms with E-state index < -0.39 is 0 Å². The summed E-state index contributed by atoms with van der Waals surface area (Å²) in [5.74, 6) is 5.67. The molecule has 0 saturated carbocycles. The van der Waals surface area contributed by atoms with Crippen LogP contribution >= 0.6 is 0 Å². The Hall–Kier alpha value is -2.70. The number of hydrogen-bond acceptors (Lipinski definition) is 2. The first-order chi connectivity index (χ1) is 8.40. The van der Waals surface area contributed by atoms with Crippen molar-refractivity contribution in [2.75, 3.05) is 6.54 Å². The summed E-state index contributed by atoms with van der Waals surface area (Å²) in [7, 11) is 0. The van der Waals surface area contributed by atoms with E-state index in [1.54, 1.807) is 10.9 Å². The molecule has 0 amide bonds. The van der Waals surface area contributed by atoms with Crippen LogP contribution in [0.3, 0.4) is 0 Å². The Labute approximate surface area is 98.3 Å². The van der Waals surface area contributed by atoms with E-state index in [2.05, 4.69) is 27.0 Å². The molecule has 2 aromatic rings. The zero-order valence-electron chi connectivity index (χ0n) is 8.98. The third-order valence-corrected chi connectivity index (χ3v) is 2.08. The smallest absolute Gasteiger partial charge is 0.0880 e. The summed E-state index contributed by atoms with van der Waals surface area (Å²) >= 11 is 0. The normalized spacial score (nSPS) is 8.94. The van der Waals surface area contributed by atoms with Gasteiger partial charge in [-0.05, 0) is 35.9 Å². The van der Waals surface area contributed by atoms with Crippen molar-refractivity contribution in [1.29, 1.82) is 0 Å². The van der Waals surface area contributed by atoms with Gasteiger partial charge < -0.3 is 0 Å². The van der Waals surface area contributed by atoms with Crippen LogP contribution in [0.4, 0.5) is 0 Å². The molecule has 0 saturated heterocycles. The number of rotatable bonds is 2. The fraction of sp³-hybridized carbons (Fsp3) is 0.0833. The highest BCUT2D eigenvalue weighted by molar-refractivity contribution is 5.41. The maximum Gasteiger partial charge on any atom is 0.0880 e. The van der Waals surface area contributed by atoms with Crippen molar-refractivity contribution >= 4 is 0 Å². The predicted octanol–water partition coefficient (Wildman–Crippen LogP) is 2.53. The van der Waals surface area contributed by atoms with Crippen molar-refractivity contribution < 1.29 is 0 Å². The molecule has 0 aliphatic rings. The first kappa shape index (κ1) is 10.8. The summed E-state index contributed by atoms with van der Waals surface area (Å²) < 4.78 is 1.77. The summed E-state index contributed by atoms with van der Waals surface area (Å²) in [6, 6.07) is 9.54. The van der Waals surface area contributed by atoms with Crippen LogP contribution in [0, 0.1) is 11.8 Å². The van der Waals surface area contributed by atoms with Gasteiger partial charge in [-0.25, -0.2) is 4.68 Å². The lowest BCUT2D eigenvalue weighted by Gasteiger charge is -2.00. The molecule has 0 aliphatic heterocycles. The standard InChI is InChI=1S/C12H9N5/c13-16-14-8-1-3-11-4-6-12(7-5-11)17-10-2-9-15-17/h2,4-7,9-10H,8H2. The molecule has 0 atom stereocenters. The van der Waals surface area contributed by atoms with Gasteiger partial charge in [-0.1, -0.05) is 17.0 Å². The fourth-order valence-electron chi connectivity index (χ4n) is 1.33. The lowest BCUT2D eigenvalue weighted by atomic mass is 10.2. The molecule has 5 nitrogen and oxygen atoms in total. The Morgan fingerprint density at radius 1 is 1.35 bits per heavy atom. The predicted molar refractivity (Wildman–Crippen MR) is 64.5 cm³/mol. The van der Waals surface area contributed by atoms with Gasteiger partial charge in [-0.15, -0.1) is 0 Å². The minimum absolute atomic E-state index is 0.192. The van der Waals surface area contributed by atoms with Gasteiger partial charge in [0, 0.05) is 22.9 Å². The van der Waals surface area contributed by atoms with Gasteiger partial charge in [0.1, 0.15) is 0 Å². The molecule has 1 heterocycles. The average Bonchev–Trinajstić information content (AvgIpc) is 2.89. The van der Waals surface area contributed by atoms with Crippen molar-refractivity contribution in [1.82, 2.24) is 9.78 Å². The third-order valence-electron chi connectivity index (χ3n) is 2.08. The molecule has 1 aromatic carbocycles. The molecular weight excluding hydrogens is 214 g/mol. The van der Waals surface area contributed by atoms with E-state index in [1.165, 1.54) is 0 Å². The quantitative estimate of drug-likeness (QED) is 0.334. The van der Waals surface area contributed by atoms with E-state index in [4.69, 9.17) is 5.53 Å². The summed E-state index contributed by atoms with van der Waals surface area (Å²) in [6.07, 6.45) is 3.61. The Bertz CT molecular complexity index is 580. The molecule has 0 N–H and O–H groups in total. The number of aromatic nitrogens is 2. The summed E-state index contributed by atoms with van der Waals surface area (Å²) in [5.41, 5.74) is 9.95. The Kier molecular flexibility index (Phi) is 3.43. The van der Waals surface area contributed by atoms with E-state index in [0.29, 0.717) is 0 Å². The molecule has 82 valence electrons. The SMILES string of the molecule is [N-]=[N+]=NCC#Cc1ccc(-n2cccn2)cc1. The van der Waals surface area contributed by atoms with Crippen LogP contribution in [0.15, 0.2) is 47.8 Å². The number of benzene rings is 1. The van der Waals surface area contributed by atoms with Gasteiger partial charge in [-0.3, -0.25) is 0 Å². The molecule has 2 rings (SSSR count). The van der Waals surface area contributed by atoms with E-state index in [-0.39, 0.29) is 6.54 Å². The van der Waals surface area contributed by atoms with E-state index in [0.717, 1.165) is 11.3 Å². The maximum absolute atomic E-state index is 8.09. The Morgan fingerprint density at radius 3 is 2.82 bits per heavy atom. The van der Waals surface area contributed by atoms with Crippen LogP contribution in [0.5, 0.6) is 0 Å². The van der Waals surface area contributed by atoms with Gasteiger partial charge in [0.25, 0.3) is 0 Å². The Morgan fingerprint density at radius 2 is 2.18 bits per heavy atom.